The zero-order valence-corrected chi connectivity index (χ0v) is 15.2. The fourth-order valence-corrected chi connectivity index (χ4v) is 3.41. The first-order valence-electron chi connectivity index (χ1n) is 8.67. The van der Waals surface area contributed by atoms with Crippen molar-refractivity contribution in [3.05, 3.63) is 58.9 Å². The summed E-state index contributed by atoms with van der Waals surface area (Å²) in [6, 6.07) is 9.55. The average Bonchev–Trinajstić information content (AvgIpc) is 2.84. The predicted molar refractivity (Wildman–Crippen MR) is 100 cm³/mol. The highest BCUT2D eigenvalue weighted by molar-refractivity contribution is 6.03. The highest BCUT2D eigenvalue weighted by atomic mass is 16.6. The molecule has 0 unspecified atom stereocenters. The number of hydrogen-bond acceptors (Lipinski definition) is 5. The van der Waals surface area contributed by atoms with Crippen LogP contribution in [0.25, 0.3) is 28.3 Å². The van der Waals surface area contributed by atoms with E-state index < -0.39 is 11.7 Å². The van der Waals surface area contributed by atoms with Crippen molar-refractivity contribution in [1.29, 1.82) is 0 Å². The Bertz CT molecular complexity index is 1400. The molecular formula is C20H17N5O2. The second kappa shape index (κ2) is 5.26. The van der Waals surface area contributed by atoms with Crippen LogP contribution < -0.4 is 5.35 Å². The third kappa shape index (κ3) is 2.35. The Morgan fingerprint density at radius 1 is 0.963 bits per heavy atom. The van der Waals surface area contributed by atoms with E-state index in [-0.39, 0.29) is 0 Å². The Hall–Kier alpha value is -3.48. The monoisotopic (exact) mass is 359 g/mol. The van der Waals surface area contributed by atoms with E-state index >= 15 is 0 Å². The predicted octanol–water partition coefficient (Wildman–Crippen LogP) is 2.73. The van der Waals surface area contributed by atoms with Gasteiger partial charge in [0, 0.05) is 12.4 Å². The van der Waals surface area contributed by atoms with Gasteiger partial charge in [-0.1, -0.05) is 0 Å². The quantitative estimate of drug-likeness (QED) is 0.425. The van der Waals surface area contributed by atoms with Gasteiger partial charge in [-0.2, -0.15) is 0 Å². The molecule has 4 aromatic rings. The fourth-order valence-electron chi connectivity index (χ4n) is 3.41. The first kappa shape index (κ1) is 15.7. The smallest absolute Gasteiger partial charge is 0.419 e. The number of fused-ring (bicyclic) bond motifs is 4. The molecule has 0 atom stereocenters. The van der Waals surface area contributed by atoms with Gasteiger partial charge in [-0.3, -0.25) is 9.55 Å². The Balaban J connectivity index is 1.93. The summed E-state index contributed by atoms with van der Waals surface area (Å²) in [4.78, 5) is 26.1. The molecule has 2 bridgehead atoms. The lowest BCUT2D eigenvalue weighted by Crippen LogP contribution is -2.34. The van der Waals surface area contributed by atoms with E-state index in [0.717, 1.165) is 38.1 Å². The van der Waals surface area contributed by atoms with Crippen molar-refractivity contribution in [3.8, 4) is 0 Å². The number of aromatic nitrogens is 5. The van der Waals surface area contributed by atoms with Crippen molar-refractivity contribution in [2.75, 3.05) is 0 Å². The molecule has 5 heterocycles. The van der Waals surface area contributed by atoms with Crippen molar-refractivity contribution in [2.45, 2.75) is 26.4 Å². The van der Waals surface area contributed by atoms with E-state index in [4.69, 9.17) is 4.74 Å². The lowest BCUT2D eigenvalue weighted by Gasteiger charge is -2.20. The van der Waals surface area contributed by atoms with Crippen LogP contribution in [0.3, 0.4) is 0 Å². The largest absolute Gasteiger partial charge is 0.443 e. The van der Waals surface area contributed by atoms with E-state index in [1.54, 1.807) is 17.1 Å². The Morgan fingerprint density at radius 3 is 2.56 bits per heavy atom. The summed E-state index contributed by atoms with van der Waals surface area (Å²) >= 11 is 0. The van der Waals surface area contributed by atoms with Gasteiger partial charge in [0.1, 0.15) is 11.9 Å². The molecule has 4 aromatic heterocycles. The minimum Gasteiger partial charge on any atom is -0.443 e. The Labute approximate surface area is 153 Å². The van der Waals surface area contributed by atoms with Crippen molar-refractivity contribution < 1.29 is 9.53 Å². The molecule has 7 nitrogen and oxygen atoms in total. The van der Waals surface area contributed by atoms with Crippen LogP contribution in [0.15, 0.2) is 42.9 Å². The molecule has 5 rings (SSSR count). The van der Waals surface area contributed by atoms with E-state index in [2.05, 4.69) is 15.0 Å². The molecule has 1 aliphatic rings. The number of carbonyl (C=O) groups excluding carboxylic acids is 1. The van der Waals surface area contributed by atoms with Gasteiger partial charge < -0.3 is 4.74 Å². The molecule has 1 aliphatic heterocycles. The summed E-state index contributed by atoms with van der Waals surface area (Å²) in [7, 11) is 0. The van der Waals surface area contributed by atoms with Gasteiger partial charge in [0.25, 0.3) is 0 Å². The summed E-state index contributed by atoms with van der Waals surface area (Å²) < 4.78 is 9.14. The Kier molecular flexibility index (Phi) is 3.07. The van der Waals surface area contributed by atoms with Crippen molar-refractivity contribution in [3.63, 3.8) is 0 Å². The number of hydrogen-bond donors (Lipinski definition) is 0. The van der Waals surface area contributed by atoms with Crippen LogP contribution in [0.4, 0.5) is 4.79 Å². The molecule has 134 valence electrons. The first-order valence-corrected chi connectivity index (χ1v) is 8.67. The Morgan fingerprint density at radius 2 is 1.74 bits per heavy atom. The second-order valence-electron chi connectivity index (χ2n) is 7.46. The van der Waals surface area contributed by atoms with Crippen LogP contribution in [-0.2, 0) is 4.74 Å². The molecule has 0 amide bonds. The maximum atomic E-state index is 12.8. The summed E-state index contributed by atoms with van der Waals surface area (Å²) in [6.07, 6.45) is 4.77. The van der Waals surface area contributed by atoms with Crippen LogP contribution in [0.5, 0.6) is 0 Å². The van der Waals surface area contributed by atoms with Gasteiger partial charge in [0.05, 0.1) is 32.5 Å². The standard InChI is InChI=1S/C20H17N5O2/c1-20(2,3)27-19(26)25-12-4-6-16(25)15-7-5-13-17-14(8-9-21-13)22-11-23-18(17)24(15)10-12/h4-11H,1-3H3. The maximum Gasteiger partial charge on any atom is 0.419 e. The molecular weight excluding hydrogens is 342 g/mol. The lowest BCUT2D eigenvalue weighted by atomic mass is 10.2. The zero-order chi connectivity index (χ0) is 18.8. The van der Waals surface area contributed by atoms with Crippen molar-refractivity contribution in [2.24, 2.45) is 0 Å². The van der Waals surface area contributed by atoms with Gasteiger partial charge in [-0.15, -0.1) is 0 Å². The van der Waals surface area contributed by atoms with Gasteiger partial charge in [0.15, 0.2) is 5.65 Å². The SMILES string of the molecule is CC(C)(C)OC(=O)n1c2ccc1=c1ccc3nccc4ncnc(c34)n1C=2. The van der Waals surface area contributed by atoms with Crippen molar-refractivity contribution in [1.82, 2.24) is 24.1 Å². The molecule has 0 N–H and O–H groups in total. The molecule has 0 fully saturated rings. The summed E-state index contributed by atoms with van der Waals surface area (Å²) in [6.45, 7) is 5.57. The van der Waals surface area contributed by atoms with Crippen LogP contribution in [-0.4, -0.2) is 35.8 Å². The van der Waals surface area contributed by atoms with Gasteiger partial charge in [0.2, 0.25) is 0 Å². The topological polar surface area (TPSA) is 74.8 Å². The summed E-state index contributed by atoms with van der Waals surface area (Å²) in [5, 5.41) is 3.19. The van der Waals surface area contributed by atoms with Gasteiger partial charge in [-0.25, -0.2) is 19.3 Å². The highest BCUT2D eigenvalue weighted by Crippen LogP contribution is 2.22. The number of nitrogens with zero attached hydrogens (tertiary/aromatic N) is 5. The minimum absolute atomic E-state index is 0.401. The van der Waals surface area contributed by atoms with Crippen molar-refractivity contribution >= 4 is 34.4 Å². The van der Waals surface area contributed by atoms with E-state index in [1.807, 2.05) is 61.9 Å². The van der Waals surface area contributed by atoms with E-state index in [9.17, 15) is 4.79 Å². The molecule has 0 aliphatic carbocycles. The van der Waals surface area contributed by atoms with Gasteiger partial charge in [-0.05, 0) is 51.1 Å². The molecule has 0 saturated carbocycles. The minimum atomic E-state index is -0.572. The van der Waals surface area contributed by atoms with Crippen LogP contribution >= 0.6 is 0 Å². The molecule has 0 saturated heterocycles. The third-order valence-electron chi connectivity index (χ3n) is 4.46. The number of carbonyl (C=O) groups is 1. The normalized spacial score (nSPS) is 12.7. The molecule has 0 radical (unpaired) electrons. The fraction of sp³-hybridized carbons (Fsp3) is 0.200. The number of pyridine rings is 1. The van der Waals surface area contributed by atoms with Crippen LogP contribution in [0.1, 0.15) is 20.8 Å². The summed E-state index contributed by atoms with van der Waals surface area (Å²) in [5.41, 5.74) is 1.80. The number of ether oxygens (including phenoxy) is 1. The second-order valence-corrected chi connectivity index (χ2v) is 7.46. The zero-order valence-electron chi connectivity index (χ0n) is 15.2. The first-order chi connectivity index (χ1) is 12.9. The average molecular weight is 359 g/mol. The number of rotatable bonds is 0. The molecule has 0 aromatic carbocycles. The van der Waals surface area contributed by atoms with Crippen LogP contribution in [0, 0.1) is 10.7 Å². The van der Waals surface area contributed by atoms with Crippen LogP contribution in [0.2, 0.25) is 0 Å². The highest BCUT2D eigenvalue weighted by Gasteiger charge is 2.21. The van der Waals surface area contributed by atoms with E-state index in [1.165, 1.54) is 0 Å². The lowest BCUT2D eigenvalue weighted by molar-refractivity contribution is 0.0528. The molecule has 27 heavy (non-hydrogen) atoms. The van der Waals surface area contributed by atoms with Gasteiger partial charge >= 0.3 is 6.09 Å². The maximum absolute atomic E-state index is 12.8. The third-order valence-corrected chi connectivity index (χ3v) is 4.46. The molecule has 0 spiro atoms. The molecule has 7 heteroatoms. The van der Waals surface area contributed by atoms with E-state index in [0.29, 0.717) is 0 Å². The summed E-state index contributed by atoms with van der Waals surface area (Å²) in [5.74, 6) is 0.